The third kappa shape index (κ3) is 2.57. The standard InChI is InChI=1S/C15H19N3O3/c1-9-10(2)21-14(17-9)8-18-13-5-4-11(15(19)20-3)6-12(13)7-16-18/h7,11H,4-6,8H2,1-3H3. The number of fused-ring (bicyclic) bond motifs is 1. The lowest BCUT2D eigenvalue weighted by molar-refractivity contribution is -0.145. The van der Waals surface area contributed by atoms with E-state index in [1.807, 2.05) is 24.7 Å². The second kappa shape index (κ2) is 5.35. The minimum absolute atomic E-state index is 0.0497. The van der Waals surface area contributed by atoms with Crippen molar-refractivity contribution in [2.45, 2.75) is 39.7 Å². The highest BCUT2D eigenvalue weighted by atomic mass is 16.5. The quantitative estimate of drug-likeness (QED) is 0.806. The van der Waals surface area contributed by atoms with E-state index in [1.165, 1.54) is 12.8 Å². The molecule has 0 bridgehead atoms. The summed E-state index contributed by atoms with van der Waals surface area (Å²) in [6.45, 7) is 4.38. The molecule has 1 atom stereocenters. The number of methoxy groups -OCH3 is 1. The van der Waals surface area contributed by atoms with E-state index in [-0.39, 0.29) is 11.9 Å². The first kappa shape index (κ1) is 13.9. The zero-order valence-electron chi connectivity index (χ0n) is 12.5. The molecule has 3 rings (SSSR count). The van der Waals surface area contributed by atoms with Crippen molar-refractivity contribution in [1.29, 1.82) is 0 Å². The maximum Gasteiger partial charge on any atom is 0.309 e. The first-order valence-electron chi connectivity index (χ1n) is 7.12. The Kier molecular flexibility index (Phi) is 3.53. The molecule has 6 nitrogen and oxygen atoms in total. The van der Waals surface area contributed by atoms with Gasteiger partial charge in [-0.15, -0.1) is 0 Å². The van der Waals surface area contributed by atoms with E-state index in [0.29, 0.717) is 18.9 Å². The molecule has 1 aliphatic rings. The Balaban J connectivity index is 1.78. The van der Waals surface area contributed by atoms with Crippen LogP contribution >= 0.6 is 0 Å². The van der Waals surface area contributed by atoms with Crippen molar-refractivity contribution in [2.75, 3.05) is 7.11 Å². The van der Waals surface area contributed by atoms with E-state index in [1.54, 1.807) is 0 Å². The van der Waals surface area contributed by atoms with Gasteiger partial charge in [0.15, 0.2) is 0 Å². The average Bonchev–Trinajstić information content (AvgIpc) is 3.02. The van der Waals surface area contributed by atoms with Crippen LogP contribution in [0.25, 0.3) is 0 Å². The second-order valence-corrected chi connectivity index (χ2v) is 5.49. The summed E-state index contributed by atoms with van der Waals surface area (Å²) in [4.78, 5) is 16.0. The van der Waals surface area contributed by atoms with Crippen LogP contribution < -0.4 is 0 Å². The van der Waals surface area contributed by atoms with Gasteiger partial charge in [0.2, 0.25) is 5.89 Å². The van der Waals surface area contributed by atoms with Crippen LogP contribution in [0.15, 0.2) is 10.6 Å². The van der Waals surface area contributed by atoms with Crippen LogP contribution in [-0.2, 0) is 28.9 Å². The van der Waals surface area contributed by atoms with Crippen molar-refractivity contribution in [3.8, 4) is 0 Å². The van der Waals surface area contributed by atoms with Crippen molar-refractivity contribution in [3.63, 3.8) is 0 Å². The van der Waals surface area contributed by atoms with Gasteiger partial charge in [0.25, 0.3) is 0 Å². The molecule has 112 valence electrons. The number of carbonyl (C=O) groups is 1. The Bertz CT molecular complexity index is 652. The normalized spacial score (nSPS) is 17.6. The maximum atomic E-state index is 11.6. The Hall–Kier alpha value is -2.11. The van der Waals surface area contributed by atoms with Crippen molar-refractivity contribution >= 4 is 5.97 Å². The van der Waals surface area contributed by atoms with Crippen LogP contribution in [0.2, 0.25) is 0 Å². The van der Waals surface area contributed by atoms with Crippen LogP contribution in [0.5, 0.6) is 0 Å². The predicted octanol–water partition coefficient (Wildman–Crippen LogP) is 1.81. The number of ether oxygens (including phenoxy) is 1. The van der Waals surface area contributed by atoms with E-state index in [4.69, 9.17) is 9.15 Å². The van der Waals surface area contributed by atoms with Gasteiger partial charge in [-0.25, -0.2) is 4.98 Å². The third-order valence-electron chi connectivity index (χ3n) is 4.12. The molecule has 0 aromatic carbocycles. The van der Waals surface area contributed by atoms with Gasteiger partial charge in [0.1, 0.15) is 12.3 Å². The van der Waals surface area contributed by atoms with Crippen LogP contribution in [0.4, 0.5) is 0 Å². The molecule has 0 saturated heterocycles. The highest BCUT2D eigenvalue weighted by Crippen LogP contribution is 2.26. The highest BCUT2D eigenvalue weighted by Gasteiger charge is 2.28. The van der Waals surface area contributed by atoms with Gasteiger partial charge in [0.05, 0.1) is 24.9 Å². The van der Waals surface area contributed by atoms with Crippen LogP contribution in [0.1, 0.15) is 35.0 Å². The first-order chi connectivity index (χ1) is 10.1. The van der Waals surface area contributed by atoms with Gasteiger partial charge in [0, 0.05) is 5.69 Å². The minimum Gasteiger partial charge on any atom is -0.469 e. The number of hydrogen-bond donors (Lipinski definition) is 0. The molecule has 2 heterocycles. The summed E-state index contributed by atoms with van der Waals surface area (Å²) in [6, 6.07) is 0. The van der Waals surface area contributed by atoms with Gasteiger partial charge < -0.3 is 9.15 Å². The SMILES string of the molecule is COC(=O)C1CCc2c(cnn2Cc2nc(C)c(C)o2)C1. The molecule has 21 heavy (non-hydrogen) atoms. The van der Waals surface area contributed by atoms with E-state index in [9.17, 15) is 4.79 Å². The van der Waals surface area contributed by atoms with Crippen LogP contribution in [0.3, 0.4) is 0 Å². The maximum absolute atomic E-state index is 11.6. The zero-order valence-corrected chi connectivity index (χ0v) is 12.5. The number of rotatable bonds is 3. The largest absolute Gasteiger partial charge is 0.469 e. The monoisotopic (exact) mass is 289 g/mol. The van der Waals surface area contributed by atoms with Crippen molar-refractivity contribution in [3.05, 3.63) is 34.8 Å². The van der Waals surface area contributed by atoms with Crippen molar-refractivity contribution < 1.29 is 13.9 Å². The molecule has 0 saturated carbocycles. The summed E-state index contributed by atoms with van der Waals surface area (Å²) in [5.74, 6) is 1.33. The van der Waals surface area contributed by atoms with Crippen molar-refractivity contribution in [2.24, 2.45) is 5.92 Å². The number of esters is 1. The lowest BCUT2D eigenvalue weighted by atomic mass is 9.88. The molecular formula is C15H19N3O3. The third-order valence-corrected chi connectivity index (χ3v) is 4.12. The minimum atomic E-state index is -0.132. The molecular weight excluding hydrogens is 270 g/mol. The Morgan fingerprint density at radius 3 is 3.00 bits per heavy atom. The smallest absolute Gasteiger partial charge is 0.309 e. The lowest BCUT2D eigenvalue weighted by Crippen LogP contribution is -2.24. The Morgan fingerprint density at radius 1 is 1.52 bits per heavy atom. The Morgan fingerprint density at radius 2 is 2.33 bits per heavy atom. The molecule has 2 aromatic heterocycles. The molecule has 0 fully saturated rings. The summed E-state index contributed by atoms with van der Waals surface area (Å²) in [5.41, 5.74) is 3.21. The molecule has 1 unspecified atom stereocenters. The number of aromatic nitrogens is 3. The number of carbonyl (C=O) groups excluding carboxylic acids is 1. The van der Waals surface area contributed by atoms with Gasteiger partial charge in [-0.2, -0.15) is 5.10 Å². The predicted molar refractivity (Wildman–Crippen MR) is 74.8 cm³/mol. The molecule has 0 radical (unpaired) electrons. The number of oxazole rings is 1. The summed E-state index contributed by atoms with van der Waals surface area (Å²) in [5, 5.41) is 4.42. The topological polar surface area (TPSA) is 70.2 Å². The molecule has 0 aliphatic heterocycles. The first-order valence-corrected chi connectivity index (χ1v) is 7.12. The van der Waals surface area contributed by atoms with Gasteiger partial charge in [-0.3, -0.25) is 9.48 Å². The Labute approximate surface area is 123 Å². The number of nitrogens with zero attached hydrogens (tertiary/aromatic N) is 3. The number of aryl methyl sites for hydroxylation is 2. The van der Waals surface area contributed by atoms with E-state index < -0.39 is 0 Å². The van der Waals surface area contributed by atoms with E-state index in [0.717, 1.165) is 29.9 Å². The fourth-order valence-corrected chi connectivity index (χ4v) is 2.83. The fourth-order valence-electron chi connectivity index (χ4n) is 2.83. The van der Waals surface area contributed by atoms with Gasteiger partial charge >= 0.3 is 5.97 Å². The number of hydrogen-bond acceptors (Lipinski definition) is 5. The molecule has 0 amide bonds. The molecule has 0 N–H and O–H groups in total. The molecule has 0 spiro atoms. The lowest BCUT2D eigenvalue weighted by Gasteiger charge is -2.20. The average molecular weight is 289 g/mol. The summed E-state index contributed by atoms with van der Waals surface area (Å²) in [7, 11) is 1.44. The van der Waals surface area contributed by atoms with Crippen molar-refractivity contribution in [1.82, 2.24) is 14.8 Å². The summed E-state index contributed by atoms with van der Waals surface area (Å²) >= 11 is 0. The van der Waals surface area contributed by atoms with E-state index in [2.05, 4.69) is 10.1 Å². The zero-order chi connectivity index (χ0) is 15.0. The molecule has 6 heteroatoms. The molecule has 1 aliphatic carbocycles. The summed E-state index contributed by atoms with van der Waals surface area (Å²) < 4.78 is 12.4. The van der Waals surface area contributed by atoms with Crippen LogP contribution in [-0.4, -0.2) is 27.8 Å². The van der Waals surface area contributed by atoms with E-state index >= 15 is 0 Å². The van der Waals surface area contributed by atoms with Gasteiger partial charge in [-0.1, -0.05) is 0 Å². The second-order valence-electron chi connectivity index (χ2n) is 5.49. The summed E-state index contributed by atoms with van der Waals surface area (Å²) in [6.07, 6.45) is 4.17. The fraction of sp³-hybridized carbons (Fsp3) is 0.533. The van der Waals surface area contributed by atoms with Gasteiger partial charge in [-0.05, 0) is 38.7 Å². The highest BCUT2D eigenvalue weighted by molar-refractivity contribution is 5.73. The van der Waals surface area contributed by atoms with Crippen LogP contribution in [0, 0.1) is 19.8 Å². The molecule has 2 aromatic rings.